The monoisotopic (exact) mass is 357 g/mol. The maximum atomic E-state index is 13.7. The quantitative estimate of drug-likeness (QED) is 0.796. The number of rotatable bonds is 3. The van der Waals surface area contributed by atoms with Crippen molar-refractivity contribution in [2.75, 3.05) is 5.32 Å². The minimum Gasteiger partial charge on any atom is -0.381 e. The van der Waals surface area contributed by atoms with Crippen LogP contribution in [0.3, 0.4) is 0 Å². The highest BCUT2D eigenvalue weighted by Crippen LogP contribution is 2.30. The number of hydrazone groups is 1. The Hall–Kier alpha value is -2.28. The molecule has 1 aliphatic heterocycles. The minimum atomic E-state index is -4.51. The zero-order valence-electron chi connectivity index (χ0n) is 12.2. The molecule has 0 spiro atoms. The number of benzene rings is 2. The van der Waals surface area contributed by atoms with Gasteiger partial charge in [0.1, 0.15) is 5.82 Å². The van der Waals surface area contributed by atoms with Crippen molar-refractivity contribution in [3.05, 3.63) is 64.5 Å². The van der Waals surface area contributed by atoms with Crippen LogP contribution in [0.2, 0.25) is 0 Å². The molecular formula is C16H12ClF4N3. The molecule has 2 N–H and O–H groups in total. The number of nitrogens with one attached hydrogen (secondary N) is 2. The smallest absolute Gasteiger partial charge is 0.381 e. The molecule has 1 heterocycles. The molecule has 2 aromatic carbocycles. The summed E-state index contributed by atoms with van der Waals surface area (Å²) < 4.78 is 51.9. The molecule has 0 amide bonds. The van der Waals surface area contributed by atoms with Gasteiger partial charge in [-0.15, -0.1) is 0 Å². The summed E-state index contributed by atoms with van der Waals surface area (Å²) in [4.78, 5) is 0. The number of nitrogens with zero attached hydrogens (tertiary/aromatic N) is 1. The Morgan fingerprint density at radius 2 is 1.96 bits per heavy atom. The normalized spacial score (nSPS) is 13.8. The van der Waals surface area contributed by atoms with Gasteiger partial charge in [0.2, 0.25) is 0 Å². The van der Waals surface area contributed by atoms with Crippen molar-refractivity contribution in [2.24, 2.45) is 5.10 Å². The maximum absolute atomic E-state index is 13.7. The first kappa shape index (κ1) is 16.6. The van der Waals surface area contributed by atoms with E-state index in [9.17, 15) is 17.6 Å². The van der Waals surface area contributed by atoms with Crippen LogP contribution in [-0.4, -0.2) is 5.17 Å². The van der Waals surface area contributed by atoms with Gasteiger partial charge in [0, 0.05) is 23.4 Å². The third kappa shape index (κ3) is 3.46. The van der Waals surface area contributed by atoms with Crippen LogP contribution in [-0.2, 0) is 19.3 Å². The van der Waals surface area contributed by atoms with Crippen LogP contribution < -0.4 is 10.7 Å². The van der Waals surface area contributed by atoms with Crippen molar-refractivity contribution in [3.63, 3.8) is 0 Å². The molecule has 0 unspecified atom stereocenters. The highest BCUT2D eigenvalue weighted by atomic mass is 35.5. The van der Waals surface area contributed by atoms with Gasteiger partial charge in [0.15, 0.2) is 5.17 Å². The molecule has 2 aromatic rings. The minimum absolute atomic E-state index is 0.0658. The summed E-state index contributed by atoms with van der Waals surface area (Å²) in [5.74, 6) is -0.697. The summed E-state index contributed by atoms with van der Waals surface area (Å²) in [5, 5.41) is 7.11. The third-order valence-corrected chi connectivity index (χ3v) is 3.92. The molecule has 0 saturated heterocycles. The van der Waals surface area contributed by atoms with Crippen LogP contribution in [0.1, 0.15) is 22.3 Å². The third-order valence-electron chi connectivity index (χ3n) is 3.63. The fraction of sp³-hybridized carbons (Fsp3) is 0.188. The lowest BCUT2D eigenvalue weighted by molar-refractivity contribution is -0.137. The molecule has 3 nitrogen and oxygen atoms in total. The van der Waals surface area contributed by atoms with Crippen LogP contribution >= 0.6 is 11.6 Å². The lowest BCUT2D eigenvalue weighted by Crippen LogP contribution is -2.17. The van der Waals surface area contributed by atoms with E-state index in [1.54, 1.807) is 12.1 Å². The first-order valence-corrected chi connectivity index (χ1v) is 7.41. The van der Waals surface area contributed by atoms with Gasteiger partial charge in [0.25, 0.3) is 0 Å². The van der Waals surface area contributed by atoms with Crippen molar-refractivity contribution in [1.29, 1.82) is 0 Å². The van der Waals surface area contributed by atoms with Gasteiger partial charge in [-0.2, -0.15) is 18.3 Å². The highest BCUT2D eigenvalue weighted by molar-refractivity contribution is 6.69. The zero-order valence-corrected chi connectivity index (χ0v) is 13.0. The van der Waals surface area contributed by atoms with E-state index in [1.807, 2.05) is 6.07 Å². The second kappa shape index (κ2) is 6.32. The van der Waals surface area contributed by atoms with Gasteiger partial charge in [-0.05, 0) is 35.9 Å². The molecule has 24 heavy (non-hydrogen) atoms. The van der Waals surface area contributed by atoms with E-state index in [1.165, 1.54) is 0 Å². The van der Waals surface area contributed by atoms with Crippen LogP contribution in [0.15, 0.2) is 41.5 Å². The van der Waals surface area contributed by atoms with Crippen LogP contribution in [0.4, 0.5) is 23.2 Å². The largest absolute Gasteiger partial charge is 0.416 e. The summed E-state index contributed by atoms with van der Waals surface area (Å²) in [5.41, 5.74) is 4.12. The number of hydrogen-bond acceptors (Lipinski definition) is 3. The summed E-state index contributed by atoms with van der Waals surface area (Å²) in [6, 6.07) is 7.65. The summed E-state index contributed by atoms with van der Waals surface area (Å²) >= 11 is 6.01. The fourth-order valence-corrected chi connectivity index (χ4v) is 2.61. The topological polar surface area (TPSA) is 36.4 Å². The Kier molecular flexibility index (Phi) is 4.36. The Morgan fingerprint density at radius 3 is 2.71 bits per heavy atom. The first-order valence-electron chi connectivity index (χ1n) is 7.03. The molecule has 0 fully saturated rings. The average molecular weight is 358 g/mol. The van der Waals surface area contributed by atoms with E-state index in [4.69, 9.17) is 11.6 Å². The van der Waals surface area contributed by atoms with Gasteiger partial charge >= 0.3 is 6.18 Å². The molecular weight excluding hydrogens is 346 g/mol. The SMILES string of the molecule is Fc1ccc(C(F)(F)F)cc1CNc1ccc2c(c1)C(Cl)=NNC2. The van der Waals surface area contributed by atoms with E-state index in [0.29, 0.717) is 17.4 Å². The lowest BCUT2D eigenvalue weighted by atomic mass is 10.1. The van der Waals surface area contributed by atoms with Gasteiger partial charge in [-0.3, -0.25) is 0 Å². The molecule has 1 aliphatic rings. The Morgan fingerprint density at radius 1 is 1.17 bits per heavy atom. The van der Waals surface area contributed by atoms with E-state index in [0.717, 1.165) is 29.3 Å². The Balaban J connectivity index is 1.80. The molecule has 0 radical (unpaired) electrons. The zero-order chi connectivity index (χ0) is 17.3. The fourth-order valence-electron chi connectivity index (χ4n) is 2.37. The standard InChI is InChI=1S/C16H12ClF4N3/c17-15-13-6-12(3-1-9(13)8-23-24-15)22-7-10-5-11(16(19,20)21)2-4-14(10)18/h1-6,22-23H,7-8H2. The molecule has 0 saturated carbocycles. The van der Waals surface area contributed by atoms with Crippen molar-refractivity contribution >= 4 is 22.5 Å². The summed E-state index contributed by atoms with van der Waals surface area (Å²) in [6.07, 6.45) is -4.51. The number of fused-ring (bicyclic) bond motifs is 1. The van der Waals surface area contributed by atoms with E-state index >= 15 is 0 Å². The number of halogens is 5. The predicted octanol–water partition coefficient (Wildman–Crippen LogP) is 4.46. The second-order valence-corrected chi connectivity index (χ2v) is 5.62. The number of anilines is 1. The molecule has 0 bridgehead atoms. The van der Waals surface area contributed by atoms with E-state index in [-0.39, 0.29) is 12.1 Å². The molecule has 126 valence electrons. The van der Waals surface area contributed by atoms with Gasteiger partial charge in [-0.1, -0.05) is 17.7 Å². The van der Waals surface area contributed by atoms with Crippen molar-refractivity contribution in [1.82, 2.24) is 5.43 Å². The number of hydrogen-bond donors (Lipinski definition) is 2. The molecule has 0 atom stereocenters. The Labute approximate surface area is 140 Å². The molecule has 0 aliphatic carbocycles. The first-order chi connectivity index (χ1) is 11.3. The number of alkyl halides is 3. The van der Waals surface area contributed by atoms with Crippen molar-refractivity contribution < 1.29 is 17.6 Å². The second-order valence-electron chi connectivity index (χ2n) is 5.27. The van der Waals surface area contributed by atoms with Crippen LogP contribution in [0.25, 0.3) is 0 Å². The summed E-state index contributed by atoms with van der Waals surface area (Å²) in [6.45, 7) is 0.454. The van der Waals surface area contributed by atoms with Gasteiger partial charge < -0.3 is 10.7 Å². The predicted molar refractivity (Wildman–Crippen MR) is 84.4 cm³/mol. The molecule has 0 aromatic heterocycles. The van der Waals surface area contributed by atoms with Gasteiger partial charge in [0.05, 0.1) is 12.1 Å². The van der Waals surface area contributed by atoms with Gasteiger partial charge in [-0.25, -0.2) is 4.39 Å². The molecule has 8 heteroatoms. The van der Waals surface area contributed by atoms with E-state index < -0.39 is 17.6 Å². The molecule has 3 rings (SSSR count). The van der Waals surface area contributed by atoms with Crippen molar-refractivity contribution in [2.45, 2.75) is 19.3 Å². The Bertz CT molecular complexity index is 802. The maximum Gasteiger partial charge on any atom is 0.416 e. The van der Waals surface area contributed by atoms with E-state index in [2.05, 4.69) is 15.8 Å². The van der Waals surface area contributed by atoms with Crippen molar-refractivity contribution in [3.8, 4) is 0 Å². The van der Waals surface area contributed by atoms with Crippen LogP contribution in [0, 0.1) is 5.82 Å². The average Bonchev–Trinajstić information content (AvgIpc) is 2.53. The lowest BCUT2D eigenvalue weighted by Gasteiger charge is -2.16. The van der Waals surface area contributed by atoms with Crippen LogP contribution in [0.5, 0.6) is 0 Å². The highest BCUT2D eigenvalue weighted by Gasteiger charge is 2.31. The summed E-state index contributed by atoms with van der Waals surface area (Å²) in [7, 11) is 0.